The fourth-order valence-corrected chi connectivity index (χ4v) is 3.70. The van der Waals surface area contributed by atoms with Gasteiger partial charge in [0, 0.05) is 7.11 Å². The monoisotopic (exact) mass is 472 g/mol. The average Bonchev–Trinajstić information content (AvgIpc) is 2.77. The van der Waals surface area contributed by atoms with Crippen LogP contribution in [0, 0.1) is 0 Å². The van der Waals surface area contributed by atoms with Crippen LogP contribution in [-0.4, -0.2) is 65.7 Å². The average molecular weight is 473 g/mol. The maximum Gasteiger partial charge on any atom is 0.338 e. The topological polar surface area (TPSA) is 115 Å². The molecule has 0 aliphatic carbocycles. The van der Waals surface area contributed by atoms with Gasteiger partial charge >= 0.3 is 5.97 Å². The van der Waals surface area contributed by atoms with Crippen molar-refractivity contribution in [2.45, 2.75) is 37.3 Å². The van der Waals surface area contributed by atoms with Crippen molar-refractivity contribution in [2.75, 3.05) is 13.7 Å². The van der Waals surface area contributed by atoms with Crippen molar-refractivity contribution < 1.29 is 39.1 Å². The zero-order chi connectivity index (χ0) is 22.5. The Morgan fingerprint density at radius 2 is 1.74 bits per heavy atom. The second kappa shape index (κ2) is 10.6. The first-order valence-corrected chi connectivity index (χ1v) is 10.1. The highest BCUT2D eigenvalue weighted by Gasteiger charge is 2.47. The lowest BCUT2D eigenvalue weighted by Crippen LogP contribution is -2.60. The van der Waals surface area contributed by atoms with E-state index in [2.05, 4.69) is 0 Å². The third-order valence-corrected chi connectivity index (χ3v) is 5.32. The number of halogens is 2. The first-order valence-electron chi connectivity index (χ1n) is 9.37. The third kappa shape index (κ3) is 5.48. The van der Waals surface area contributed by atoms with Crippen LogP contribution < -0.4 is 4.74 Å². The summed E-state index contributed by atoms with van der Waals surface area (Å²) in [5.74, 6) is -0.663. The Hall–Kier alpha value is -1.91. The Bertz CT molecular complexity index is 869. The molecule has 5 atom stereocenters. The number of esters is 1. The number of methoxy groups -OCH3 is 1. The molecule has 1 fully saturated rings. The number of hydrogen-bond acceptors (Lipinski definition) is 8. The van der Waals surface area contributed by atoms with Crippen molar-refractivity contribution in [1.82, 2.24) is 0 Å². The first kappa shape index (κ1) is 23.7. The van der Waals surface area contributed by atoms with E-state index >= 15 is 0 Å². The maximum atomic E-state index is 12.6. The van der Waals surface area contributed by atoms with Gasteiger partial charge in [0.15, 0.2) is 18.1 Å². The Balaban J connectivity index is 1.73. The summed E-state index contributed by atoms with van der Waals surface area (Å²) in [6.07, 6.45) is -6.64. The molecule has 2 aromatic carbocycles. The van der Waals surface area contributed by atoms with Gasteiger partial charge in [-0.05, 0) is 17.7 Å². The van der Waals surface area contributed by atoms with Crippen molar-refractivity contribution in [3.63, 3.8) is 0 Å². The van der Waals surface area contributed by atoms with Crippen molar-refractivity contribution in [3.05, 3.63) is 63.6 Å². The number of rotatable bonds is 7. The van der Waals surface area contributed by atoms with E-state index in [0.29, 0.717) is 0 Å². The second-order valence-electron chi connectivity index (χ2n) is 6.86. The number of benzene rings is 2. The molecule has 168 valence electrons. The number of aliphatic hydroxyl groups is 3. The highest BCUT2D eigenvalue weighted by atomic mass is 35.5. The van der Waals surface area contributed by atoms with Gasteiger partial charge in [-0.15, -0.1) is 0 Å². The molecule has 1 saturated heterocycles. The van der Waals surface area contributed by atoms with Gasteiger partial charge in [-0.1, -0.05) is 53.5 Å². The van der Waals surface area contributed by atoms with E-state index in [9.17, 15) is 20.1 Å². The summed E-state index contributed by atoms with van der Waals surface area (Å²) >= 11 is 12.5. The number of carbonyl (C=O) groups is 1. The molecule has 8 nitrogen and oxygen atoms in total. The molecule has 1 heterocycles. The van der Waals surface area contributed by atoms with Crippen molar-refractivity contribution in [3.8, 4) is 5.75 Å². The summed E-state index contributed by atoms with van der Waals surface area (Å²) in [4.78, 5) is 12.6. The Morgan fingerprint density at radius 3 is 2.32 bits per heavy atom. The van der Waals surface area contributed by atoms with E-state index in [1.54, 1.807) is 0 Å². The van der Waals surface area contributed by atoms with Gasteiger partial charge in [0.2, 0.25) is 0 Å². The van der Waals surface area contributed by atoms with E-state index in [-0.39, 0.29) is 28.0 Å². The van der Waals surface area contributed by atoms with Crippen LogP contribution in [0.25, 0.3) is 0 Å². The lowest BCUT2D eigenvalue weighted by atomic mass is 9.99. The lowest BCUT2D eigenvalue weighted by molar-refractivity contribution is -0.293. The second-order valence-corrected chi connectivity index (χ2v) is 7.67. The Kier molecular flexibility index (Phi) is 8.12. The quantitative estimate of drug-likeness (QED) is 0.525. The van der Waals surface area contributed by atoms with Crippen molar-refractivity contribution in [1.29, 1.82) is 0 Å². The summed E-state index contributed by atoms with van der Waals surface area (Å²) in [7, 11) is 1.27. The van der Waals surface area contributed by atoms with E-state index < -0.39 is 43.3 Å². The molecule has 0 unspecified atom stereocenters. The minimum absolute atomic E-state index is 0.00267. The fourth-order valence-electron chi connectivity index (χ4n) is 3.11. The number of carbonyl (C=O) groups excluding carboxylic acids is 1. The number of aliphatic hydroxyl groups excluding tert-OH is 3. The SMILES string of the molecule is CO[C@H]1O[C@H](CO)[C@@H](O)[C@H](O)[C@H]1OC(=O)c1cc(Cl)c(OCc2ccccc2)c(Cl)c1. The molecule has 31 heavy (non-hydrogen) atoms. The summed E-state index contributed by atoms with van der Waals surface area (Å²) < 4.78 is 21.4. The molecule has 1 aliphatic rings. The fraction of sp³-hybridized carbons (Fsp3) is 0.381. The Morgan fingerprint density at radius 1 is 1.10 bits per heavy atom. The van der Waals surface area contributed by atoms with E-state index in [0.717, 1.165) is 5.56 Å². The van der Waals surface area contributed by atoms with Crippen LogP contribution in [0.1, 0.15) is 15.9 Å². The van der Waals surface area contributed by atoms with Gasteiger partial charge in [0.25, 0.3) is 0 Å². The molecule has 0 saturated carbocycles. The zero-order valence-corrected chi connectivity index (χ0v) is 18.0. The standard InChI is InChI=1S/C21H22Cl2O8/c1-28-21-19(17(26)16(25)15(9-24)30-21)31-20(27)12-7-13(22)18(14(23)8-12)29-10-11-5-3-2-4-6-11/h2-8,15-17,19,21,24-26H,9-10H2,1H3/t15-,16-,17+,19-,21+/m1/s1. The van der Waals surface area contributed by atoms with Crippen LogP contribution in [0.15, 0.2) is 42.5 Å². The molecule has 3 rings (SSSR count). The summed E-state index contributed by atoms with van der Waals surface area (Å²) in [6.45, 7) is -0.316. The molecule has 10 heteroatoms. The van der Waals surface area contributed by atoms with E-state index in [1.807, 2.05) is 30.3 Å². The predicted octanol–water partition coefficient (Wildman–Crippen LogP) is 2.18. The van der Waals surface area contributed by atoms with Gasteiger partial charge in [-0.2, -0.15) is 0 Å². The molecule has 2 aromatic rings. The predicted molar refractivity (Wildman–Crippen MR) is 111 cm³/mol. The molecular weight excluding hydrogens is 451 g/mol. The molecular formula is C21H22Cl2O8. The third-order valence-electron chi connectivity index (χ3n) is 4.76. The lowest BCUT2D eigenvalue weighted by Gasteiger charge is -2.40. The van der Waals surface area contributed by atoms with Crippen LogP contribution >= 0.6 is 23.2 Å². The molecule has 0 spiro atoms. The van der Waals surface area contributed by atoms with Gasteiger partial charge in [-0.25, -0.2) is 4.79 Å². The minimum Gasteiger partial charge on any atom is -0.486 e. The molecule has 0 bridgehead atoms. The molecule has 1 aliphatic heterocycles. The summed E-state index contributed by atoms with van der Waals surface area (Å²) in [6, 6.07) is 12.0. The van der Waals surface area contributed by atoms with Crippen LogP contribution in [0.5, 0.6) is 5.75 Å². The van der Waals surface area contributed by atoms with Crippen LogP contribution in [0.4, 0.5) is 0 Å². The van der Waals surface area contributed by atoms with Crippen molar-refractivity contribution in [2.24, 2.45) is 0 Å². The summed E-state index contributed by atoms with van der Waals surface area (Å²) in [5, 5.41) is 29.8. The molecule has 3 N–H and O–H groups in total. The molecule has 0 aromatic heterocycles. The highest BCUT2D eigenvalue weighted by molar-refractivity contribution is 6.37. The maximum absolute atomic E-state index is 12.6. The van der Waals surface area contributed by atoms with E-state index in [1.165, 1.54) is 19.2 Å². The first-order chi connectivity index (χ1) is 14.8. The molecule has 0 radical (unpaired) electrons. The van der Waals surface area contributed by atoms with E-state index in [4.69, 9.17) is 42.1 Å². The smallest absolute Gasteiger partial charge is 0.338 e. The van der Waals surface area contributed by atoms with Crippen LogP contribution in [-0.2, 0) is 20.8 Å². The summed E-state index contributed by atoms with van der Waals surface area (Å²) in [5.41, 5.74) is 0.914. The molecule has 0 amide bonds. The van der Waals surface area contributed by atoms with Crippen LogP contribution in [0.2, 0.25) is 10.0 Å². The van der Waals surface area contributed by atoms with Crippen LogP contribution in [0.3, 0.4) is 0 Å². The van der Waals surface area contributed by atoms with Crippen molar-refractivity contribution >= 4 is 29.2 Å². The zero-order valence-electron chi connectivity index (χ0n) is 16.5. The Labute approximate surface area is 188 Å². The largest absolute Gasteiger partial charge is 0.486 e. The normalized spacial score (nSPS) is 25.8. The van der Waals surface area contributed by atoms with Gasteiger partial charge in [-0.3, -0.25) is 0 Å². The van der Waals surface area contributed by atoms with Gasteiger partial charge in [0.05, 0.1) is 22.2 Å². The number of hydrogen-bond donors (Lipinski definition) is 3. The van der Waals surface area contributed by atoms with Gasteiger partial charge in [0.1, 0.15) is 24.9 Å². The number of ether oxygens (including phenoxy) is 4. The minimum atomic E-state index is -1.54. The van der Waals surface area contributed by atoms with Gasteiger partial charge < -0.3 is 34.3 Å². The highest BCUT2D eigenvalue weighted by Crippen LogP contribution is 2.35.